The molecule has 31 heavy (non-hydrogen) atoms. The zero-order valence-corrected chi connectivity index (χ0v) is 19.1. The van der Waals surface area contributed by atoms with Crippen molar-refractivity contribution >= 4 is 17.9 Å². The molecule has 1 saturated heterocycles. The first-order valence-corrected chi connectivity index (χ1v) is 11.0. The molecule has 5 nitrogen and oxygen atoms in total. The molecule has 1 saturated carbocycles. The van der Waals surface area contributed by atoms with E-state index in [9.17, 15) is 9.59 Å². The lowest BCUT2D eigenvalue weighted by atomic mass is 9.65. The van der Waals surface area contributed by atoms with E-state index in [1.807, 2.05) is 30.9 Å². The van der Waals surface area contributed by atoms with E-state index in [-0.39, 0.29) is 34.4 Å². The van der Waals surface area contributed by atoms with Crippen LogP contribution < -0.4 is 5.32 Å². The largest absolute Gasteiger partial charge is 0.465 e. The van der Waals surface area contributed by atoms with Crippen LogP contribution in [0.15, 0.2) is 46.7 Å². The van der Waals surface area contributed by atoms with Gasteiger partial charge in [0.1, 0.15) is 11.5 Å². The highest BCUT2D eigenvalue weighted by Crippen LogP contribution is 2.52. The Kier molecular flexibility index (Phi) is 5.32. The summed E-state index contributed by atoms with van der Waals surface area (Å²) in [5, 5.41) is 2.88. The molecule has 2 bridgehead atoms. The number of furan rings is 1. The van der Waals surface area contributed by atoms with Crippen LogP contribution in [-0.2, 0) is 4.79 Å². The average molecular weight is 421 g/mol. The summed E-state index contributed by atoms with van der Waals surface area (Å²) in [6.07, 6.45) is 6.30. The normalized spacial score (nSPS) is 24.9. The third-order valence-corrected chi connectivity index (χ3v) is 6.75. The van der Waals surface area contributed by atoms with E-state index in [4.69, 9.17) is 4.42 Å². The van der Waals surface area contributed by atoms with Crippen LogP contribution in [0.4, 0.5) is 0 Å². The molecule has 2 aliphatic rings. The molecule has 0 radical (unpaired) electrons. The van der Waals surface area contributed by atoms with Crippen LogP contribution in [0.1, 0.15) is 67.3 Å². The van der Waals surface area contributed by atoms with Crippen molar-refractivity contribution in [2.45, 2.75) is 59.9 Å². The molecule has 0 spiro atoms. The quantitative estimate of drug-likeness (QED) is 0.701. The van der Waals surface area contributed by atoms with Crippen LogP contribution in [0.3, 0.4) is 0 Å². The number of likely N-dealkylation sites (tertiary alicyclic amines) is 1. The Bertz CT molecular complexity index is 1030. The van der Waals surface area contributed by atoms with E-state index in [1.165, 1.54) is 0 Å². The number of fused-ring (bicyclic) bond motifs is 2. The molecule has 2 aromatic rings. The minimum atomic E-state index is -0.289. The number of amides is 2. The highest BCUT2D eigenvalue weighted by atomic mass is 16.3. The topological polar surface area (TPSA) is 62.6 Å². The van der Waals surface area contributed by atoms with Crippen molar-refractivity contribution in [3.05, 3.63) is 64.7 Å². The number of benzene rings is 1. The summed E-state index contributed by atoms with van der Waals surface area (Å²) in [4.78, 5) is 28.6. The zero-order chi connectivity index (χ0) is 22.4. The molecule has 2 fully saturated rings. The van der Waals surface area contributed by atoms with E-state index in [0.29, 0.717) is 11.3 Å². The van der Waals surface area contributed by atoms with Crippen molar-refractivity contribution < 1.29 is 14.0 Å². The summed E-state index contributed by atoms with van der Waals surface area (Å²) in [5.74, 6) is 0.112. The third kappa shape index (κ3) is 4.46. The number of carbonyl (C=O) groups is 2. The Morgan fingerprint density at radius 3 is 2.58 bits per heavy atom. The molecule has 1 aromatic heterocycles. The maximum absolute atomic E-state index is 13.7. The molecular weight excluding hydrogens is 388 g/mol. The minimum absolute atomic E-state index is 0.121. The van der Waals surface area contributed by atoms with Crippen molar-refractivity contribution in [3.8, 4) is 0 Å². The summed E-state index contributed by atoms with van der Waals surface area (Å²) >= 11 is 0. The second-order valence-electron chi connectivity index (χ2n) is 10.5. The first-order chi connectivity index (χ1) is 14.6. The van der Waals surface area contributed by atoms with Gasteiger partial charge in [-0.2, -0.15) is 0 Å². The molecule has 5 heteroatoms. The van der Waals surface area contributed by atoms with Gasteiger partial charge in [0.2, 0.25) is 0 Å². The lowest BCUT2D eigenvalue weighted by molar-refractivity contribution is -0.128. The maximum Gasteiger partial charge on any atom is 0.270 e. The van der Waals surface area contributed by atoms with Crippen molar-refractivity contribution in [2.24, 2.45) is 10.8 Å². The van der Waals surface area contributed by atoms with E-state index in [1.54, 1.807) is 30.5 Å². The molecule has 1 aliphatic carbocycles. The monoisotopic (exact) mass is 420 g/mol. The number of nitrogens with one attached hydrogen (secondary N) is 1. The smallest absolute Gasteiger partial charge is 0.270 e. The van der Waals surface area contributed by atoms with Crippen LogP contribution in [-0.4, -0.2) is 29.3 Å². The average Bonchev–Trinajstić information content (AvgIpc) is 3.27. The summed E-state index contributed by atoms with van der Waals surface area (Å²) < 4.78 is 5.44. The Balaban J connectivity index is 1.62. The number of rotatable bonds is 4. The summed E-state index contributed by atoms with van der Waals surface area (Å²) in [7, 11) is 0. The van der Waals surface area contributed by atoms with Gasteiger partial charge in [-0.3, -0.25) is 9.59 Å². The van der Waals surface area contributed by atoms with Gasteiger partial charge in [0, 0.05) is 24.2 Å². The van der Waals surface area contributed by atoms with Crippen molar-refractivity contribution in [2.75, 3.05) is 6.54 Å². The van der Waals surface area contributed by atoms with E-state index in [2.05, 4.69) is 26.1 Å². The Morgan fingerprint density at radius 1 is 1.13 bits per heavy atom. The summed E-state index contributed by atoms with van der Waals surface area (Å²) in [6, 6.07) is 9.31. The number of nitrogens with zero attached hydrogens (tertiary/aromatic N) is 1. The SMILES string of the molecule is Cc1ccc(C(=O)NC(=Cc2ccco2)C(=O)N2CC3(C)CC2CC(C)(C)C3)cc1C. The fourth-order valence-electron chi connectivity index (χ4n) is 5.60. The molecule has 2 unspecified atom stereocenters. The van der Waals surface area contributed by atoms with Crippen molar-refractivity contribution in [3.63, 3.8) is 0 Å². The van der Waals surface area contributed by atoms with Crippen LogP contribution in [0.5, 0.6) is 0 Å². The molecular formula is C26H32N2O3. The first-order valence-electron chi connectivity index (χ1n) is 11.0. The molecule has 4 rings (SSSR count). The number of hydrogen-bond acceptors (Lipinski definition) is 3. The van der Waals surface area contributed by atoms with Gasteiger partial charge >= 0.3 is 0 Å². The maximum atomic E-state index is 13.7. The standard InChI is InChI=1S/C26H32N2O3/c1-17-8-9-19(11-18(17)2)23(29)27-22(12-21-7-6-10-31-21)24(30)28-16-26(5)14-20(28)13-25(3,4)15-26/h6-12,20H,13-16H2,1-5H3,(H,27,29). The summed E-state index contributed by atoms with van der Waals surface area (Å²) in [5.41, 5.74) is 3.29. The van der Waals surface area contributed by atoms with Gasteiger partial charge < -0.3 is 14.6 Å². The van der Waals surface area contributed by atoms with Crippen LogP contribution in [0.25, 0.3) is 6.08 Å². The molecule has 164 valence electrons. The second-order valence-corrected chi connectivity index (χ2v) is 10.5. The van der Waals surface area contributed by atoms with Crippen LogP contribution >= 0.6 is 0 Å². The molecule has 1 aromatic carbocycles. The minimum Gasteiger partial charge on any atom is -0.465 e. The van der Waals surface area contributed by atoms with E-state index >= 15 is 0 Å². The van der Waals surface area contributed by atoms with Gasteiger partial charge in [-0.05, 0) is 79.3 Å². The fourth-order valence-corrected chi connectivity index (χ4v) is 5.60. The van der Waals surface area contributed by atoms with Gasteiger partial charge in [-0.25, -0.2) is 0 Å². The van der Waals surface area contributed by atoms with Crippen molar-refractivity contribution in [1.82, 2.24) is 10.2 Å². The highest BCUT2D eigenvalue weighted by Gasteiger charge is 2.51. The second kappa shape index (κ2) is 7.70. The summed E-state index contributed by atoms with van der Waals surface area (Å²) in [6.45, 7) is 11.5. The van der Waals surface area contributed by atoms with Gasteiger partial charge in [0.15, 0.2) is 0 Å². The lowest BCUT2D eigenvalue weighted by Gasteiger charge is -2.39. The molecule has 2 heterocycles. The number of carbonyl (C=O) groups excluding carboxylic acids is 2. The Morgan fingerprint density at radius 2 is 1.90 bits per heavy atom. The van der Waals surface area contributed by atoms with Gasteiger partial charge in [0.05, 0.1) is 6.26 Å². The first kappa shape index (κ1) is 21.4. The molecule has 1 aliphatic heterocycles. The van der Waals surface area contributed by atoms with Crippen LogP contribution in [0, 0.1) is 24.7 Å². The number of hydrogen-bond donors (Lipinski definition) is 1. The van der Waals surface area contributed by atoms with Crippen molar-refractivity contribution in [1.29, 1.82) is 0 Å². The Labute approximate surface area is 184 Å². The van der Waals surface area contributed by atoms with Crippen LogP contribution in [0.2, 0.25) is 0 Å². The van der Waals surface area contributed by atoms with E-state index < -0.39 is 0 Å². The predicted octanol–water partition coefficient (Wildman–Crippen LogP) is 5.09. The number of aryl methyl sites for hydroxylation is 2. The van der Waals surface area contributed by atoms with Gasteiger partial charge in [0.25, 0.3) is 11.8 Å². The Hall–Kier alpha value is -2.82. The molecule has 2 amide bonds. The van der Waals surface area contributed by atoms with E-state index in [0.717, 1.165) is 36.9 Å². The van der Waals surface area contributed by atoms with Gasteiger partial charge in [-0.1, -0.05) is 26.8 Å². The molecule has 2 atom stereocenters. The molecule has 1 N–H and O–H groups in total. The fraction of sp³-hybridized carbons (Fsp3) is 0.462. The lowest BCUT2D eigenvalue weighted by Crippen LogP contribution is -2.42. The highest BCUT2D eigenvalue weighted by molar-refractivity contribution is 6.05. The third-order valence-electron chi connectivity index (χ3n) is 6.75. The van der Waals surface area contributed by atoms with Gasteiger partial charge in [-0.15, -0.1) is 0 Å². The zero-order valence-electron chi connectivity index (χ0n) is 19.1. The predicted molar refractivity (Wildman–Crippen MR) is 121 cm³/mol.